The highest BCUT2D eigenvalue weighted by Crippen LogP contribution is 2.13. The minimum atomic E-state index is -0.946. The topological polar surface area (TPSA) is 49.8 Å². The van der Waals surface area contributed by atoms with E-state index in [2.05, 4.69) is 18.1 Å². The van der Waals surface area contributed by atoms with Crippen molar-refractivity contribution in [2.24, 2.45) is 0 Å². The summed E-state index contributed by atoms with van der Waals surface area (Å²) in [6, 6.07) is 6.52. The second-order valence-corrected chi connectivity index (χ2v) is 4.37. The first-order valence-electron chi connectivity index (χ1n) is 6.57. The molecule has 1 N–H and O–H groups in total. The van der Waals surface area contributed by atoms with Crippen LogP contribution in [0.5, 0.6) is 5.75 Å². The van der Waals surface area contributed by atoms with E-state index in [0.717, 1.165) is 26.1 Å². The van der Waals surface area contributed by atoms with Crippen molar-refractivity contribution < 1.29 is 14.6 Å². The smallest absolute Gasteiger partial charge is 0.335 e. The summed E-state index contributed by atoms with van der Waals surface area (Å²) in [5, 5.41) is 8.89. The van der Waals surface area contributed by atoms with Crippen LogP contribution in [-0.4, -0.2) is 42.2 Å². The molecule has 0 amide bonds. The van der Waals surface area contributed by atoms with Crippen molar-refractivity contribution in [3.63, 3.8) is 0 Å². The average Bonchev–Trinajstić information content (AvgIpc) is 2.44. The van der Waals surface area contributed by atoms with E-state index in [1.807, 2.05) is 12.2 Å². The Morgan fingerprint density at radius 1 is 1.30 bits per heavy atom. The molecule has 0 saturated carbocycles. The van der Waals surface area contributed by atoms with Gasteiger partial charge >= 0.3 is 5.97 Å². The number of nitrogens with zero attached hydrogens (tertiary/aromatic N) is 1. The lowest BCUT2D eigenvalue weighted by Crippen LogP contribution is -2.26. The van der Waals surface area contributed by atoms with Gasteiger partial charge in [0.15, 0.2) is 0 Å². The molecule has 0 spiro atoms. The van der Waals surface area contributed by atoms with Crippen molar-refractivity contribution >= 4 is 5.97 Å². The van der Waals surface area contributed by atoms with Crippen molar-refractivity contribution in [1.82, 2.24) is 4.90 Å². The molecule has 0 aliphatic rings. The monoisotopic (exact) mass is 275 g/mol. The average molecular weight is 275 g/mol. The lowest BCUT2D eigenvalue weighted by molar-refractivity contribution is 0.0696. The molecule has 1 aromatic rings. The van der Waals surface area contributed by atoms with E-state index in [4.69, 9.17) is 9.84 Å². The first-order valence-corrected chi connectivity index (χ1v) is 6.57. The molecule has 0 atom stereocenters. The Kier molecular flexibility index (Phi) is 7.14. The molecule has 0 unspecified atom stereocenters. The molecule has 20 heavy (non-hydrogen) atoms. The third kappa shape index (κ3) is 5.71. The lowest BCUT2D eigenvalue weighted by atomic mass is 10.2. The Balaban J connectivity index is 2.36. The number of rotatable bonds is 10. The number of carboxylic acids is 1. The van der Waals surface area contributed by atoms with Crippen LogP contribution in [0.3, 0.4) is 0 Å². The van der Waals surface area contributed by atoms with Gasteiger partial charge in [-0.25, -0.2) is 4.79 Å². The van der Waals surface area contributed by atoms with Gasteiger partial charge in [0.05, 0.1) is 12.2 Å². The van der Waals surface area contributed by atoms with E-state index in [-0.39, 0.29) is 5.56 Å². The molecule has 1 aromatic carbocycles. The van der Waals surface area contributed by atoms with Crippen LogP contribution in [0.15, 0.2) is 49.6 Å². The van der Waals surface area contributed by atoms with Gasteiger partial charge in [0.25, 0.3) is 0 Å². The standard InChI is InChI=1S/C16H21NO3/c1-3-9-17(10-4-2)11-6-12-20-15-8-5-7-14(13-15)16(18)19/h3-5,7-8,13H,1-2,6,9-12H2,(H,18,19). The van der Waals surface area contributed by atoms with Gasteiger partial charge in [-0.2, -0.15) is 0 Å². The molecule has 0 saturated heterocycles. The van der Waals surface area contributed by atoms with Crippen molar-refractivity contribution in [1.29, 1.82) is 0 Å². The van der Waals surface area contributed by atoms with Gasteiger partial charge in [0.2, 0.25) is 0 Å². The number of aromatic carboxylic acids is 1. The molecule has 0 fully saturated rings. The van der Waals surface area contributed by atoms with Gasteiger partial charge in [-0.1, -0.05) is 18.2 Å². The van der Waals surface area contributed by atoms with E-state index in [1.54, 1.807) is 18.2 Å². The zero-order valence-corrected chi connectivity index (χ0v) is 11.6. The quantitative estimate of drug-likeness (QED) is 0.527. The molecule has 0 aliphatic heterocycles. The van der Waals surface area contributed by atoms with Gasteiger partial charge in [-0.3, -0.25) is 4.90 Å². The predicted octanol–water partition coefficient (Wildman–Crippen LogP) is 2.83. The first kappa shape index (κ1) is 16.0. The van der Waals surface area contributed by atoms with E-state index >= 15 is 0 Å². The second-order valence-electron chi connectivity index (χ2n) is 4.37. The highest BCUT2D eigenvalue weighted by atomic mass is 16.5. The maximum atomic E-state index is 10.8. The number of hydrogen-bond donors (Lipinski definition) is 1. The Morgan fingerprint density at radius 3 is 2.60 bits per heavy atom. The van der Waals surface area contributed by atoms with Crippen LogP contribution in [0.1, 0.15) is 16.8 Å². The van der Waals surface area contributed by atoms with Crippen LogP contribution >= 0.6 is 0 Å². The van der Waals surface area contributed by atoms with Crippen molar-refractivity contribution in [2.45, 2.75) is 6.42 Å². The highest BCUT2D eigenvalue weighted by Gasteiger charge is 2.04. The van der Waals surface area contributed by atoms with Gasteiger partial charge in [-0.15, -0.1) is 13.2 Å². The van der Waals surface area contributed by atoms with Gasteiger partial charge in [-0.05, 0) is 24.6 Å². The summed E-state index contributed by atoms with van der Waals surface area (Å²) in [5.74, 6) is -0.359. The third-order valence-corrected chi connectivity index (χ3v) is 2.74. The Bertz CT molecular complexity index is 447. The van der Waals surface area contributed by atoms with Crippen LogP contribution in [0.4, 0.5) is 0 Å². The Hall–Kier alpha value is -2.07. The zero-order chi connectivity index (χ0) is 14.8. The summed E-state index contributed by atoms with van der Waals surface area (Å²) in [7, 11) is 0. The minimum absolute atomic E-state index is 0.238. The molecule has 0 aliphatic carbocycles. The van der Waals surface area contributed by atoms with Crippen LogP contribution in [0.25, 0.3) is 0 Å². The van der Waals surface area contributed by atoms with Gasteiger partial charge in [0.1, 0.15) is 5.75 Å². The summed E-state index contributed by atoms with van der Waals surface area (Å²) < 4.78 is 5.56. The SMILES string of the molecule is C=CCN(CC=C)CCCOc1cccc(C(=O)O)c1. The zero-order valence-electron chi connectivity index (χ0n) is 11.6. The van der Waals surface area contributed by atoms with Crippen molar-refractivity contribution in [3.8, 4) is 5.75 Å². The number of carboxylic acid groups (broad SMARTS) is 1. The largest absolute Gasteiger partial charge is 0.494 e. The van der Waals surface area contributed by atoms with Gasteiger partial charge < -0.3 is 9.84 Å². The van der Waals surface area contributed by atoms with Crippen molar-refractivity contribution in [3.05, 3.63) is 55.1 Å². The van der Waals surface area contributed by atoms with Crippen LogP contribution in [-0.2, 0) is 0 Å². The first-order chi connectivity index (χ1) is 9.67. The van der Waals surface area contributed by atoms with E-state index in [0.29, 0.717) is 12.4 Å². The maximum Gasteiger partial charge on any atom is 0.335 e. The van der Waals surface area contributed by atoms with E-state index in [1.165, 1.54) is 6.07 Å². The lowest BCUT2D eigenvalue weighted by Gasteiger charge is -2.18. The van der Waals surface area contributed by atoms with E-state index < -0.39 is 5.97 Å². The number of ether oxygens (including phenoxy) is 1. The molecule has 1 rings (SSSR count). The molecular formula is C16H21NO3. The summed E-state index contributed by atoms with van der Waals surface area (Å²) in [6.07, 6.45) is 4.58. The predicted molar refractivity (Wildman–Crippen MR) is 80.3 cm³/mol. The molecule has 0 aromatic heterocycles. The molecule has 108 valence electrons. The number of benzene rings is 1. The van der Waals surface area contributed by atoms with Gasteiger partial charge in [0, 0.05) is 19.6 Å². The fourth-order valence-electron chi connectivity index (χ4n) is 1.82. The summed E-state index contributed by atoms with van der Waals surface area (Å²) >= 11 is 0. The third-order valence-electron chi connectivity index (χ3n) is 2.74. The summed E-state index contributed by atoms with van der Waals surface area (Å²) in [6.45, 7) is 10.5. The van der Waals surface area contributed by atoms with Crippen molar-refractivity contribution in [2.75, 3.05) is 26.2 Å². The highest BCUT2D eigenvalue weighted by molar-refractivity contribution is 5.87. The fraction of sp³-hybridized carbons (Fsp3) is 0.312. The Morgan fingerprint density at radius 2 is 2.00 bits per heavy atom. The summed E-state index contributed by atoms with van der Waals surface area (Å²) in [4.78, 5) is 13.0. The minimum Gasteiger partial charge on any atom is -0.494 e. The fourth-order valence-corrected chi connectivity index (χ4v) is 1.82. The Labute approximate surface area is 120 Å². The molecule has 0 heterocycles. The number of carbonyl (C=O) groups is 1. The molecule has 0 radical (unpaired) electrons. The molecule has 4 nitrogen and oxygen atoms in total. The summed E-state index contributed by atoms with van der Waals surface area (Å²) in [5.41, 5.74) is 0.238. The van der Waals surface area contributed by atoms with Crippen LogP contribution in [0, 0.1) is 0 Å². The number of hydrogen-bond acceptors (Lipinski definition) is 3. The normalized spacial score (nSPS) is 10.2. The molecule has 0 bridgehead atoms. The van der Waals surface area contributed by atoms with Crippen LogP contribution < -0.4 is 4.74 Å². The molecule has 4 heteroatoms. The van der Waals surface area contributed by atoms with E-state index in [9.17, 15) is 4.79 Å². The second kappa shape index (κ2) is 8.93. The maximum absolute atomic E-state index is 10.8. The van der Waals surface area contributed by atoms with Crippen LogP contribution in [0.2, 0.25) is 0 Å². The molecular weight excluding hydrogens is 254 g/mol.